The predicted molar refractivity (Wildman–Crippen MR) is 97.0 cm³/mol. The van der Waals surface area contributed by atoms with Gasteiger partial charge in [0.25, 0.3) is 5.91 Å². The van der Waals surface area contributed by atoms with Crippen LogP contribution in [0.4, 0.5) is 5.69 Å². The van der Waals surface area contributed by atoms with Gasteiger partial charge in [0.05, 0.1) is 25.3 Å². The largest absolute Gasteiger partial charge is 0.379 e. The molecule has 26 heavy (non-hydrogen) atoms. The first-order valence-electron chi connectivity index (χ1n) is 8.67. The first-order valence-corrected chi connectivity index (χ1v) is 9.05. The van der Waals surface area contributed by atoms with Gasteiger partial charge in [0.15, 0.2) is 0 Å². The molecule has 2 heterocycles. The number of halogens is 1. The van der Waals surface area contributed by atoms with Crippen molar-refractivity contribution in [2.45, 2.75) is 19.4 Å². The molecule has 1 aromatic rings. The van der Waals surface area contributed by atoms with Crippen molar-refractivity contribution in [1.29, 1.82) is 0 Å². The summed E-state index contributed by atoms with van der Waals surface area (Å²) in [5, 5.41) is 0.528. The summed E-state index contributed by atoms with van der Waals surface area (Å²) in [5.74, 6) is -0.878. The quantitative estimate of drug-likeness (QED) is 0.718. The summed E-state index contributed by atoms with van der Waals surface area (Å²) in [6.45, 7) is 5.45. The summed E-state index contributed by atoms with van der Waals surface area (Å²) in [6.07, 6.45) is 0.00412. The lowest BCUT2D eigenvalue weighted by molar-refractivity contribution is -0.136. The predicted octanol–water partition coefficient (Wildman–Crippen LogP) is 1.15. The van der Waals surface area contributed by atoms with Gasteiger partial charge in [-0.05, 0) is 24.3 Å². The summed E-state index contributed by atoms with van der Waals surface area (Å²) >= 11 is 5.87. The summed E-state index contributed by atoms with van der Waals surface area (Å²) in [5.41, 5.74) is 0.476. The Kier molecular flexibility index (Phi) is 5.90. The van der Waals surface area contributed by atoms with Gasteiger partial charge >= 0.3 is 0 Å². The fraction of sp³-hybridized carbons (Fsp3) is 0.500. The van der Waals surface area contributed by atoms with Crippen molar-refractivity contribution >= 4 is 35.0 Å². The Bertz CT molecular complexity index is 688. The van der Waals surface area contributed by atoms with Crippen molar-refractivity contribution in [3.63, 3.8) is 0 Å². The molecule has 1 unspecified atom stereocenters. The molecule has 0 N–H and O–H groups in total. The smallest absolute Gasteiger partial charge is 0.257 e. The minimum Gasteiger partial charge on any atom is -0.379 e. The van der Waals surface area contributed by atoms with Crippen molar-refractivity contribution in [3.8, 4) is 0 Å². The van der Waals surface area contributed by atoms with Gasteiger partial charge in [-0.15, -0.1) is 0 Å². The van der Waals surface area contributed by atoms with Gasteiger partial charge in [0.2, 0.25) is 11.8 Å². The monoisotopic (exact) mass is 379 g/mol. The second-order valence-electron chi connectivity index (χ2n) is 6.43. The summed E-state index contributed by atoms with van der Waals surface area (Å²) in [7, 11) is 0. The maximum atomic E-state index is 12.8. The zero-order valence-corrected chi connectivity index (χ0v) is 15.4. The van der Waals surface area contributed by atoms with E-state index in [4.69, 9.17) is 16.3 Å². The van der Waals surface area contributed by atoms with E-state index in [9.17, 15) is 14.4 Å². The number of imide groups is 1. The molecule has 0 bridgehead atoms. The first-order chi connectivity index (χ1) is 12.5. The second kappa shape index (κ2) is 8.16. The minimum absolute atomic E-state index is 0.00412. The Balaban J connectivity index is 1.71. The third-order valence-corrected chi connectivity index (χ3v) is 5.00. The van der Waals surface area contributed by atoms with Crippen LogP contribution in [0.25, 0.3) is 0 Å². The molecule has 0 spiro atoms. The molecule has 1 atom stereocenters. The van der Waals surface area contributed by atoms with Crippen LogP contribution in [0.2, 0.25) is 5.02 Å². The first kappa shape index (κ1) is 18.8. The number of ether oxygens (including phenoxy) is 1. The number of morpholine rings is 1. The Hall–Kier alpha value is -1.96. The SMILES string of the molecule is CC(=O)N(CCN1CCOCC1)C1CC(=O)N(c2ccc(Cl)cc2)C1=O. The number of anilines is 1. The molecular weight excluding hydrogens is 358 g/mol. The fourth-order valence-electron chi connectivity index (χ4n) is 3.33. The van der Waals surface area contributed by atoms with Gasteiger partial charge in [-0.2, -0.15) is 0 Å². The van der Waals surface area contributed by atoms with Crippen molar-refractivity contribution in [2.24, 2.45) is 0 Å². The molecule has 3 amide bonds. The van der Waals surface area contributed by atoms with Crippen LogP contribution in [-0.4, -0.2) is 73.0 Å². The number of hydrogen-bond acceptors (Lipinski definition) is 5. The molecule has 3 rings (SSSR count). The maximum Gasteiger partial charge on any atom is 0.257 e. The van der Waals surface area contributed by atoms with E-state index in [0.29, 0.717) is 37.0 Å². The Morgan fingerprint density at radius 1 is 1.23 bits per heavy atom. The average molecular weight is 380 g/mol. The Morgan fingerprint density at radius 3 is 2.50 bits per heavy atom. The highest BCUT2D eigenvalue weighted by Gasteiger charge is 2.43. The molecule has 7 nitrogen and oxygen atoms in total. The highest BCUT2D eigenvalue weighted by Crippen LogP contribution is 2.27. The zero-order chi connectivity index (χ0) is 18.7. The van der Waals surface area contributed by atoms with Gasteiger partial charge in [-0.1, -0.05) is 11.6 Å². The molecular formula is C18H22ClN3O4. The Morgan fingerprint density at radius 2 is 1.88 bits per heavy atom. The van der Waals surface area contributed by atoms with Crippen molar-refractivity contribution in [3.05, 3.63) is 29.3 Å². The number of nitrogens with zero attached hydrogens (tertiary/aromatic N) is 3. The highest BCUT2D eigenvalue weighted by molar-refractivity contribution is 6.30. The lowest BCUT2D eigenvalue weighted by Gasteiger charge is -2.31. The van der Waals surface area contributed by atoms with Crippen LogP contribution in [-0.2, 0) is 19.1 Å². The lowest BCUT2D eigenvalue weighted by Crippen LogP contribution is -2.49. The van der Waals surface area contributed by atoms with Gasteiger partial charge in [0, 0.05) is 38.1 Å². The number of hydrogen-bond donors (Lipinski definition) is 0. The van der Waals surface area contributed by atoms with Crippen LogP contribution in [0, 0.1) is 0 Å². The third-order valence-electron chi connectivity index (χ3n) is 4.75. The van der Waals surface area contributed by atoms with Crippen LogP contribution >= 0.6 is 11.6 Å². The number of rotatable bonds is 5. The third kappa shape index (κ3) is 4.06. The molecule has 2 aliphatic heterocycles. The molecule has 8 heteroatoms. The number of carbonyl (C=O) groups is 3. The van der Waals surface area contributed by atoms with E-state index in [-0.39, 0.29) is 24.1 Å². The van der Waals surface area contributed by atoms with Gasteiger partial charge in [0.1, 0.15) is 6.04 Å². The van der Waals surface area contributed by atoms with Crippen molar-refractivity contribution in [1.82, 2.24) is 9.80 Å². The molecule has 140 valence electrons. The minimum atomic E-state index is -0.753. The number of carbonyl (C=O) groups excluding carboxylic acids is 3. The standard InChI is InChI=1S/C18H22ClN3O4/c1-13(23)21(7-6-20-8-10-26-11-9-20)16-12-17(24)22(18(16)25)15-4-2-14(19)3-5-15/h2-5,16H,6-12H2,1H3. The molecule has 0 saturated carbocycles. The van der Waals surface area contributed by atoms with Crippen LogP contribution in [0.1, 0.15) is 13.3 Å². The maximum absolute atomic E-state index is 12.8. The zero-order valence-electron chi connectivity index (χ0n) is 14.7. The topological polar surface area (TPSA) is 70.2 Å². The van der Waals surface area contributed by atoms with Crippen molar-refractivity contribution in [2.75, 3.05) is 44.3 Å². The van der Waals surface area contributed by atoms with E-state index >= 15 is 0 Å². The van der Waals surface area contributed by atoms with E-state index in [0.717, 1.165) is 18.0 Å². The normalized spacial score (nSPS) is 21.3. The van der Waals surface area contributed by atoms with E-state index < -0.39 is 6.04 Å². The summed E-state index contributed by atoms with van der Waals surface area (Å²) < 4.78 is 5.32. The molecule has 0 radical (unpaired) electrons. The van der Waals surface area contributed by atoms with Gasteiger partial charge < -0.3 is 9.64 Å². The van der Waals surface area contributed by atoms with Crippen LogP contribution in [0.3, 0.4) is 0 Å². The van der Waals surface area contributed by atoms with E-state index in [1.54, 1.807) is 24.3 Å². The number of amides is 3. The molecule has 2 aliphatic rings. The van der Waals surface area contributed by atoms with E-state index in [1.165, 1.54) is 11.8 Å². The Labute approximate surface area is 157 Å². The molecule has 0 aromatic heterocycles. The van der Waals surface area contributed by atoms with Crippen LogP contribution in [0.15, 0.2) is 24.3 Å². The van der Waals surface area contributed by atoms with E-state index in [2.05, 4.69) is 4.90 Å². The van der Waals surface area contributed by atoms with Crippen LogP contribution in [0.5, 0.6) is 0 Å². The number of benzene rings is 1. The summed E-state index contributed by atoms with van der Waals surface area (Å²) in [4.78, 5) is 42.2. The van der Waals surface area contributed by atoms with Crippen LogP contribution < -0.4 is 4.90 Å². The van der Waals surface area contributed by atoms with Gasteiger partial charge in [-0.3, -0.25) is 19.3 Å². The fourth-order valence-corrected chi connectivity index (χ4v) is 3.45. The molecule has 1 aromatic carbocycles. The second-order valence-corrected chi connectivity index (χ2v) is 6.87. The van der Waals surface area contributed by atoms with E-state index in [1.807, 2.05) is 0 Å². The molecule has 0 aliphatic carbocycles. The molecule has 2 saturated heterocycles. The lowest BCUT2D eigenvalue weighted by atomic mass is 10.2. The molecule has 2 fully saturated rings. The average Bonchev–Trinajstić information content (AvgIpc) is 2.91. The van der Waals surface area contributed by atoms with Crippen molar-refractivity contribution < 1.29 is 19.1 Å². The highest BCUT2D eigenvalue weighted by atomic mass is 35.5. The van der Waals surface area contributed by atoms with Gasteiger partial charge in [-0.25, -0.2) is 4.90 Å². The summed E-state index contributed by atoms with van der Waals surface area (Å²) in [6, 6.07) is 5.77.